The van der Waals surface area contributed by atoms with Crippen molar-refractivity contribution in [3.63, 3.8) is 0 Å². The van der Waals surface area contributed by atoms with Gasteiger partial charge >= 0.3 is 6.09 Å². The number of carbonyl (C=O) groups is 1. The molecule has 1 fully saturated rings. The number of fused-ring (bicyclic) bond motifs is 1. The average Bonchev–Trinajstić information content (AvgIpc) is 3.44. The van der Waals surface area contributed by atoms with Crippen LogP contribution in [0.5, 0.6) is 5.75 Å². The molecule has 0 aliphatic carbocycles. The quantitative estimate of drug-likeness (QED) is 0.314. The summed E-state index contributed by atoms with van der Waals surface area (Å²) in [4.78, 5) is 16.5. The normalized spacial score (nSPS) is 16.2. The van der Waals surface area contributed by atoms with Crippen LogP contribution in [0.25, 0.3) is 22.3 Å². The minimum Gasteiger partial charge on any atom is -0.508 e. The number of nitrogens with one attached hydrogen (secondary N) is 1. The van der Waals surface area contributed by atoms with Crippen LogP contribution in [-0.2, 0) is 20.1 Å². The summed E-state index contributed by atoms with van der Waals surface area (Å²) in [6, 6.07) is 5.25. The van der Waals surface area contributed by atoms with Gasteiger partial charge in [0, 0.05) is 36.6 Å². The lowest BCUT2D eigenvalue weighted by molar-refractivity contribution is -0.0365. The molecular formula is C22H28N4O5S2. The zero-order valence-corrected chi connectivity index (χ0v) is 20.1. The van der Waals surface area contributed by atoms with Crippen LogP contribution in [0.3, 0.4) is 0 Å². The van der Waals surface area contributed by atoms with Crippen LogP contribution in [-0.4, -0.2) is 58.6 Å². The van der Waals surface area contributed by atoms with E-state index >= 15 is 0 Å². The van der Waals surface area contributed by atoms with Gasteiger partial charge < -0.3 is 24.1 Å². The van der Waals surface area contributed by atoms with Gasteiger partial charge in [0.15, 0.2) is 6.23 Å². The van der Waals surface area contributed by atoms with Crippen molar-refractivity contribution < 1.29 is 23.6 Å². The van der Waals surface area contributed by atoms with Crippen molar-refractivity contribution in [2.24, 2.45) is 0 Å². The maximum absolute atomic E-state index is 11.8. The summed E-state index contributed by atoms with van der Waals surface area (Å²) < 4.78 is 18.2. The molecule has 0 radical (unpaired) electrons. The molecular weight excluding hydrogens is 464 g/mol. The molecule has 1 atom stereocenters. The number of ether oxygens (including phenoxy) is 2. The van der Waals surface area contributed by atoms with Gasteiger partial charge in [0.1, 0.15) is 17.1 Å². The fourth-order valence-electron chi connectivity index (χ4n) is 3.68. The van der Waals surface area contributed by atoms with Crippen molar-refractivity contribution >= 4 is 40.4 Å². The minimum atomic E-state index is -0.441. The van der Waals surface area contributed by atoms with Crippen LogP contribution in [0.4, 0.5) is 4.79 Å². The molecule has 2 N–H and O–H groups in total. The number of amides is 1. The molecule has 1 aliphatic rings. The molecule has 3 heterocycles. The maximum atomic E-state index is 11.8. The van der Waals surface area contributed by atoms with Gasteiger partial charge in [0.2, 0.25) is 0 Å². The van der Waals surface area contributed by atoms with Crippen molar-refractivity contribution in [2.45, 2.75) is 38.3 Å². The molecule has 11 heteroatoms. The number of hydrogen-bond acceptors (Lipinski definition) is 9. The molecule has 2 aromatic heterocycles. The second-order valence-electron chi connectivity index (χ2n) is 7.60. The summed E-state index contributed by atoms with van der Waals surface area (Å²) in [5, 5.41) is 21.2. The molecule has 1 saturated heterocycles. The fourth-order valence-corrected chi connectivity index (χ4v) is 4.72. The Bertz CT molecular complexity index is 1060. The van der Waals surface area contributed by atoms with Gasteiger partial charge in [-0.1, -0.05) is 0 Å². The number of nitrogens with zero attached hydrogens (tertiary/aromatic N) is 3. The average molecular weight is 493 g/mol. The van der Waals surface area contributed by atoms with E-state index in [0.717, 1.165) is 53.9 Å². The van der Waals surface area contributed by atoms with E-state index in [2.05, 4.69) is 5.32 Å². The number of carbonyl (C=O) groups excluding carboxylic acids is 1. The number of thiazole rings is 1. The zero-order valence-electron chi connectivity index (χ0n) is 18.5. The Morgan fingerprint density at radius 1 is 1.39 bits per heavy atom. The van der Waals surface area contributed by atoms with Gasteiger partial charge in [-0.2, -0.15) is 5.10 Å². The van der Waals surface area contributed by atoms with Crippen LogP contribution >= 0.6 is 23.4 Å². The third kappa shape index (κ3) is 6.17. The fraction of sp³-hybridized carbons (Fsp3) is 0.500. The second-order valence-corrected chi connectivity index (χ2v) is 9.11. The molecule has 1 aliphatic heterocycles. The second kappa shape index (κ2) is 11.7. The summed E-state index contributed by atoms with van der Waals surface area (Å²) >= 11 is 2.80. The number of hydrogen-bond donors (Lipinski definition) is 2. The monoisotopic (exact) mass is 492 g/mol. The SMILES string of the molecule is CSOCCCNC(=O)OCCc1nc(-c2nn(C3CCCCO3)c3ccc(O)cc23)cs1. The number of alkyl carbamates (subject to hydrolysis) is 1. The van der Waals surface area contributed by atoms with Crippen LogP contribution in [0.1, 0.15) is 36.9 Å². The van der Waals surface area contributed by atoms with E-state index in [9.17, 15) is 9.90 Å². The first kappa shape index (κ1) is 23.8. The Kier molecular flexibility index (Phi) is 8.43. The Hall–Kier alpha value is -2.34. The molecule has 1 amide bonds. The summed E-state index contributed by atoms with van der Waals surface area (Å²) in [7, 11) is 0. The first-order valence-corrected chi connectivity index (χ1v) is 13.0. The molecule has 4 rings (SSSR count). The van der Waals surface area contributed by atoms with Gasteiger partial charge in [-0.3, -0.25) is 0 Å². The molecule has 0 saturated carbocycles. The highest BCUT2D eigenvalue weighted by molar-refractivity contribution is 7.93. The summed E-state index contributed by atoms with van der Waals surface area (Å²) in [5.41, 5.74) is 2.36. The molecule has 33 heavy (non-hydrogen) atoms. The highest BCUT2D eigenvalue weighted by Gasteiger charge is 2.23. The number of phenols is 1. The van der Waals surface area contributed by atoms with Gasteiger partial charge in [0.05, 0.1) is 23.7 Å². The smallest absolute Gasteiger partial charge is 0.407 e. The van der Waals surface area contributed by atoms with E-state index in [1.165, 1.54) is 23.4 Å². The first-order chi connectivity index (χ1) is 16.2. The molecule has 1 unspecified atom stereocenters. The Morgan fingerprint density at radius 2 is 2.30 bits per heavy atom. The lowest BCUT2D eigenvalue weighted by Crippen LogP contribution is -2.26. The lowest BCUT2D eigenvalue weighted by Gasteiger charge is -2.23. The van der Waals surface area contributed by atoms with E-state index in [1.54, 1.807) is 12.1 Å². The van der Waals surface area contributed by atoms with Crippen LogP contribution in [0.15, 0.2) is 23.6 Å². The molecule has 0 bridgehead atoms. The number of rotatable bonds is 10. The highest BCUT2D eigenvalue weighted by atomic mass is 32.2. The van der Waals surface area contributed by atoms with E-state index in [-0.39, 0.29) is 18.6 Å². The van der Waals surface area contributed by atoms with E-state index in [1.807, 2.05) is 22.4 Å². The number of aromatic nitrogens is 3. The van der Waals surface area contributed by atoms with E-state index < -0.39 is 6.09 Å². The summed E-state index contributed by atoms with van der Waals surface area (Å²) in [6.07, 6.45) is 5.61. The third-order valence-electron chi connectivity index (χ3n) is 5.25. The Balaban J connectivity index is 1.39. The van der Waals surface area contributed by atoms with Gasteiger partial charge in [-0.25, -0.2) is 14.5 Å². The van der Waals surface area contributed by atoms with Crippen molar-refractivity contribution in [1.29, 1.82) is 0 Å². The van der Waals surface area contributed by atoms with Crippen LogP contribution in [0, 0.1) is 0 Å². The van der Waals surface area contributed by atoms with Crippen molar-refractivity contribution in [1.82, 2.24) is 20.1 Å². The largest absolute Gasteiger partial charge is 0.508 e. The van der Waals surface area contributed by atoms with Crippen molar-refractivity contribution in [2.75, 3.05) is 32.6 Å². The number of phenolic OH excluding ortho intramolecular Hbond substituents is 1. The highest BCUT2D eigenvalue weighted by Crippen LogP contribution is 2.34. The molecule has 9 nitrogen and oxygen atoms in total. The predicted octanol–water partition coefficient (Wildman–Crippen LogP) is 4.52. The minimum absolute atomic E-state index is 0.114. The predicted molar refractivity (Wildman–Crippen MR) is 128 cm³/mol. The van der Waals surface area contributed by atoms with E-state index in [4.69, 9.17) is 23.7 Å². The molecule has 0 spiro atoms. The van der Waals surface area contributed by atoms with Gasteiger partial charge in [-0.05, 0) is 55.9 Å². The van der Waals surface area contributed by atoms with Gasteiger partial charge in [-0.15, -0.1) is 11.3 Å². The topological polar surface area (TPSA) is 108 Å². The maximum Gasteiger partial charge on any atom is 0.407 e. The molecule has 3 aromatic rings. The van der Waals surface area contributed by atoms with E-state index in [0.29, 0.717) is 25.3 Å². The Morgan fingerprint density at radius 3 is 3.12 bits per heavy atom. The molecule has 1 aromatic carbocycles. The Labute approximate surface area is 200 Å². The van der Waals surface area contributed by atoms with Crippen molar-refractivity contribution in [3.8, 4) is 17.1 Å². The molecule has 178 valence electrons. The van der Waals surface area contributed by atoms with Gasteiger partial charge in [0.25, 0.3) is 0 Å². The first-order valence-electron chi connectivity index (χ1n) is 11.0. The third-order valence-corrected chi connectivity index (χ3v) is 6.56. The number of benzene rings is 1. The van der Waals surface area contributed by atoms with Crippen molar-refractivity contribution in [3.05, 3.63) is 28.6 Å². The lowest BCUT2D eigenvalue weighted by atomic mass is 10.1. The number of aromatic hydroxyl groups is 1. The standard InChI is InChI=1S/C22H28N4O5S2/c1-32-31-11-4-9-23-22(28)30-12-8-19-24-17(14-33-19)21-16-13-15(27)6-7-18(16)26(25-21)20-5-2-3-10-29-20/h6-7,13-14,20,27H,2-5,8-12H2,1H3,(H,23,28). The van der Waals surface area contributed by atoms with Crippen LogP contribution < -0.4 is 5.32 Å². The van der Waals surface area contributed by atoms with Crippen LogP contribution in [0.2, 0.25) is 0 Å². The summed E-state index contributed by atoms with van der Waals surface area (Å²) in [5.74, 6) is 0.183. The summed E-state index contributed by atoms with van der Waals surface area (Å²) in [6.45, 7) is 2.05. The zero-order chi connectivity index (χ0) is 23.0.